The van der Waals surface area contributed by atoms with Crippen molar-refractivity contribution in [3.05, 3.63) is 24.3 Å². The lowest BCUT2D eigenvalue weighted by Gasteiger charge is -2.09. The van der Waals surface area contributed by atoms with E-state index in [1.807, 2.05) is 0 Å². The van der Waals surface area contributed by atoms with Crippen molar-refractivity contribution in [3.8, 4) is 0 Å². The van der Waals surface area contributed by atoms with E-state index in [-0.39, 0.29) is 11.9 Å². The van der Waals surface area contributed by atoms with Gasteiger partial charge in [0.25, 0.3) is 0 Å². The first kappa shape index (κ1) is 7.69. The van der Waals surface area contributed by atoms with Gasteiger partial charge in [-0.1, -0.05) is 28.1 Å². The number of carbonyl (C=O) groups excluding carboxylic acids is 1. The van der Waals surface area contributed by atoms with Crippen LogP contribution in [0.3, 0.4) is 0 Å². The third-order valence-corrected chi connectivity index (χ3v) is 1.44. The van der Waals surface area contributed by atoms with Crippen LogP contribution >= 0.6 is 15.9 Å². The number of alkyl halides is 1. The highest BCUT2D eigenvalue weighted by molar-refractivity contribution is 9.09. The van der Waals surface area contributed by atoms with Gasteiger partial charge in [0.15, 0.2) is 5.78 Å². The maximum atomic E-state index is 10.9. The van der Waals surface area contributed by atoms with Crippen LogP contribution in [0, 0.1) is 0 Å². The van der Waals surface area contributed by atoms with Crippen molar-refractivity contribution in [3.63, 3.8) is 0 Å². The van der Waals surface area contributed by atoms with E-state index in [9.17, 15) is 4.79 Å². The Balaban J connectivity index is 2.53. The SMILES string of the molecule is O=C1C=CC=CC1OCBr. The van der Waals surface area contributed by atoms with Crippen LogP contribution in [0.5, 0.6) is 0 Å². The quantitative estimate of drug-likeness (QED) is 0.634. The van der Waals surface area contributed by atoms with E-state index in [1.165, 1.54) is 6.08 Å². The summed E-state index contributed by atoms with van der Waals surface area (Å²) in [6.07, 6.45) is 6.35. The van der Waals surface area contributed by atoms with Crippen LogP contribution in [-0.2, 0) is 9.53 Å². The molecular weight excluding hydrogens is 196 g/mol. The molecule has 0 N–H and O–H groups in total. The van der Waals surface area contributed by atoms with Crippen LogP contribution in [0.2, 0.25) is 0 Å². The highest BCUT2D eigenvalue weighted by Gasteiger charge is 2.13. The molecule has 54 valence electrons. The van der Waals surface area contributed by atoms with Crippen LogP contribution in [0.25, 0.3) is 0 Å². The van der Waals surface area contributed by atoms with E-state index in [0.29, 0.717) is 5.52 Å². The third-order valence-electron chi connectivity index (χ3n) is 1.18. The van der Waals surface area contributed by atoms with E-state index in [1.54, 1.807) is 18.2 Å². The topological polar surface area (TPSA) is 26.3 Å². The molecule has 0 radical (unpaired) electrons. The van der Waals surface area contributed by atoms with Gasteiger partial charge in [-0.2, -0.15) is 0 Å². The van der Waals surface area contributed by atoms with Gasteiger partial charge in [-0.05, 0) is 12.2 Å². The highest BCUT2D eigenvalue weighted by atomic mass is 79.9. The number of allylic oxidation sites excluding steroid dienone is 2. The number of hydrogen-bond acceptors (Lipinski definition) is 2. The summed E-state index contributed by atoms with van der Waals surface area (Å²) in [7, 11) is 0. The van der Waals surface area contributed by atoms with Gasteiger partial charge in [0.1, 0.15) is 11.6 Å². The molecule has 10 heavy (non-hydrogen) atoms. The molecule has 0 fully saturated rings. The molecule has 0 aliphatic heterocycles. The van der Waals surface area contributed by atoms with Crippen LogP contribution in [0.1, 0.15) is 0 Å². The molecule has 0 aromatic carbocycles. The average Bonchev–Trinajstić information content (AvgIpc) is 1.94. The number of hydrogen-bond donors (Lipinski definition) is 0. The number of rotatable bonds is 2. The molecule has 0 aromatic heterocycles. The first-order valence-corrected chi connectivity index (χ1v) is 4.03. The van der Waals surface area contributed by atoms with Gasteiger partial charge in [0.2, 0.25) is 0 Å². The summed E-state index contributed by atoms with van der Waals surface area (Å²) >= 11 is 3.08. The molecule has 1 aliphatic carbocycles. The summed E-state index contributed by atoms with van der Waals surface area (Å²) in [5.41, 5.74) is 0.390. The first-order valence-electron chi connectivity index (χ1n) is 2.91. The smallest absolute Gasteiger partial charge is 0.188 e. The van der Waals surface area contributed by atoms with Crippen molar-refractivity contribution >= 4 is 21.7 Å². The van der Waals surface area contributed by atoms with E-state index in [0.717, 1.165) is 0 Å². The van der Waals surface area contributed by atoms with Crippen molar-refractivity contribution < 1.29 is 9.53 Å². The largest absolute Gasteiger partial charge is 0.355 e. The Bertz CT molecular complexity index is 184. The summed E-state index contributed by atoms with van der Waals surface area (Å²) in [4.78, 5) is 10.9. The predicted octanol–water partition coefficient (Wildman–Crippen LogP) is 1.42. The van der Waals surface area contributed by atoms with Crippen molar-refractivity contribution in [1.82, 2.24) is 0 Å². The number of halogens is 1. The average molecular weight is 203 g/mol. The van der Waals surface area contributed by atoms with Crippen LogP contribution < -0.4 is 0 Å². The van der Waals surface area contributed by atoms with Crippen molar-refractivity contribution in [1.29, 1.82) is 0 Å². The highest BCUT2D eigenvalue weighted by Crippen LogP contribution is 2.04. The van der Waals surface area contributed by atoms with Crippen molar-refractivity contribution in [2.75, 3.05) is 5.52 Å². The molecule has 1 rings (SSSR count). The fourth-order valence-corrected chi connectivity index (χ4v) is 0.995. The minimum Gasteiger partial charge on any atom is -0.355 e. The second-order valence-electron chi connectivity index (χ2n) is 1.84. The Morgan fingerprint density at radius 2 is 2.40 bits per heavy atom. The molecule has 0 bridgehead atoms. The molecule has 0 saturated carbocycles. The summed E-state index contributed by atoms with van der Waals surface area (Å²) in [6.45, 7) is 0. The minimum atomic E-state index is -0.385. The zero-order valence-electron chi connectivity index (χ0n) is 5.29. The van der Waals surface area contributed by atoms with Crippen LogP contribution in [0.15, 0.2) is 24.3 Å². The predicted molar refractivity (Wildman–Crippen MR) is 42.0 cm³/mol. The lowest BCUT2D eigenvalue weighted by atomic mass is 10.1. The maximum Gasteiger partial charge on any atom is 0.188 e. The Hall–Kier alpha value is -0.410. The number of ketones is 1. The van der Waals surface area contributed by atoms with Crippen LogP contribution in [0.4, 0.5) is 0 Å². The Morgan fingerprint density at radius 3 is 3.00 bits per heavy atom. The Labute approximate surface area is 67.7 Å². The molecular formula is C7H7BrO2. The molecule has 2 nitrogen and oxygen atoms in total. The second kappa shape index (κ2) is 3.68. The Morgan fingerprint density at radius 1 is 1.60 bits per heavy atom. The van der Waals surface area contributed by atoms with Crippen molar-refractivity contribution in [2.24, 2.45) is 0 Å². The third kappa shape index (κ3) is 1.78. The molecule has 0 saturated heterocycles. The van der Waals surface area contributed by atoms with E-state index < -0.39 is 0 Å². The van der Waals surface area contributed by atoms with Gasteiger partial charge in [0, 0.05) is 0 Å². The summed E-state index contributed by atoms with van der Waals surface area (Å²) < 4.78 is 5.02. The van der Waals surface area contributed by atoms with Gasteiger partial charge < -0.3 is 4.74 Å². The van der Waals surface area contributed by atoms with Gasteiger partial charge >= 0.3 is 0 Å². The maximum absolute atomic E-state index is 10.9. The molecule has 3 heteroatoms. The second-order valence-corrected chi connectivity index (χ2v) is 2.30. The zero-order chi connectivity index (χ0) is 7.40. The Kier molecular flexibility index (Phi) is 2.83. The summed E-state index contributed by atoms with van der Waals surface area (Å²) in [5, 5.41) is 0. The normalized spacial score (nSPS) is 23.7. The van der Waals surface area contributed by atoms with Gasteiger partial charge in [-0.3, -0.25) is 4.79 Å². The molecule has 0 aromatic rings. The fourth-order valence-electron chi connectivity index (χ4n) is 0.711. The molecule has 0 spiro atoms. The summed E-state index contributed by atoms with van der Waals surface area (Å²) in [5.74, 6) is 0.00181. The van der Waals surface area contributed by atoms with Crippen molar-refractivity contribution in [2.45, 2.75) is 6.10 Å². The number of carbonyl (C=O) groups is 1. The zero-order valence-corrected chi connectivity index (χ0v) is 6.87. The lowest BCUT2D eigenvalue weighted by Crippen LogP contribution is -2.20. The van der Waals surface area contributed by atoms with E-state index in [4.69, 9.17) is 4.74 Å². The molecule has 0 amide bonds. The number of ether oxygens (including phenoxy) is 1. The first-order chi connectivity index (χ1) is 4.84. The van der Waals surface area contributed by atoms with E-state index in [2.05, 4.69) is 15.9 Å². The standard InChI is InChI=1S/C7H7BrO2/c8-5-10-7-4-2-1-3-6(7)9/h1-4,7H,5H2. The van der Waals surface area contributed by atoms with Crippen LogP contribution in [-0.4, -0.2) is 17.4 Å². The lowest BCUT2D eigenvalue weighted by molar-refractivity contribution is -0.121. The van der Waals surface area contributed by atoms with Gasteiger partial charge in [-0.15, -0.1) is 0 Å². The van der Waals surface area contributed by atoms with E-state index >= 15 is 0 Å². The van der Waals surface area contributed by atoms with Gasteiger partial charge in [0.05, 0.1) is 0 Å². The monoisotopic (exact) mass is 202 g/mol. The minimum absolute atomic E-state index is 0.00181. The molecule has 0 heterocycles. The molecule has 1 unspecified atom stereocenters. The molecule has 1 aliphatic rings. The molecule has 1 atom stereocenters. The van der Waals surface area contributed by atoms with Gasteiger partial charge in [-0.25, -0.2) is 0 Å². The fraction of sp³-hybridized carbons (Fsp3) is 0.286. The summed E-state index contributed by atoms with van der Waals surface area (Å²) in [6, 6.07) is 0.